The molecule has 1 aromatic carbocycles. The minimum atomic E-state index is -4.57. The second-order valence-corrected chi connectivity index (χ2v) is 11.3. The van der Waals surface area contributed by atoms with Crippen LogP contribution in [0.15, 0.2) is 30.5 Å². The Labute approximate surface area is 245 Å². The molecule has 2 atom stereocenters. The number of rotatable bonds is 10. The fraction of sp³-hybridized carbons (Fsp3) is 0.519. The Hall–Kier alpha value is -2.96. The Morgan fingerprint density at radius 2 is 1.90 bits per heavy atom. The number of fused-ring (bicyclic) bond motifs is 2. The predicted octanol–water partition coefficient (Wildman–Crippen LogP) is 4.87. The van der Waals surface area contributed by atoms with Gasteiger partial charge in [-0.25, -0.2) is 4.98 Å². The molecule has 3 N–H and O–H groups in total. The van der Waals surface area contributed by atoms with Crippen molar-refractivity contribution in [3.05, 3.63) is 46.1 Å². The van der Waals surface area contributed by atoms with E-state index in [2.05, 4.69) is 10.3 Å². The lowest BCUT2D eigenvalue weighted by molar-refractivity contribution is -0.136. The normalized spacial score (nSPS) is 20.5. The maximum Gasteiger partial charge on any atom is 0.405 e. The van der Waals surface area contributed by atoms with E-state index in [-0.39, 0.29) is 52.2 Å². The number of aliphatic hydroxyl groups excluding tert-OH is 1. The number of amides is 2. The van der Waals surface area contributed by atoms with Gasteiger partial charge in [-0.2, -0.15) is 13.2 Å². The maximum absolute atomic E-state index is 13.7. The molecule has 0 aliphatic carbocycles. The van der Waals surface area contributed by atoms with E-state index in [1.807, 2.05) is 10.2 Å². The second kappa shape index (κ2) is 12.1. The van der Waals surface area contributed by atoms with Crippen LogP contribution in [0.3, 0.4) is 0 Å². The number of carbonyl (C=O) groups excluding carboxylic acids is 2. The Morgan fingerprint density at radius 3 is 2.61 bits per heavy atom. The van der Waals surface area contributed by atoms with Crippen molar-refractivity contribution in [3.63, 3.8) is 0 Å². The van der Waals surface area contributed by atoms with Crippen molar-refractivity contribution < 1.29 is 37.3 Å². The number of benzene rings is 1. The Bertz CT molecular complexity index is 1290. The summed E-state index contributed by atoms with van der Waals surface area (Å²) in [5.74, 6) is -0.817. The molecule has 2 aromatic rings. The Balaban J connectivity index is 1.59. The van der Waals surface area contributed by atoms with Gasteiger partial charge in [0.15, 0.2) is 5.60 Å². The summed E-state index contributed by atoms with van der Waals surface area (Å²) in [6, 6.07) is 5.67. The molecule has 2 aliphatic heterocycles. The molecule has 2 fully saturated rings. The lowest BCUT2D eigenvalue weighted by atomic mass is 9.94. The highest BCUT2D eigenvalue weighted by atomic mass is 35.5. The van der Waals surface area contributed by atoms with Crippen LogP contribution in [0, 0.1) is 0 Å². The highest BCUT2D eigenvalue weighted by Crippen LogP contribution is 2.46. The van der Waals surface area contributed by atoms with Crippen LogP contribution < -0.4 is 25.0 Å². The zero-order valence-corrected chi connectivity index (χ0v) is 24.0. The number of pyridine rings is 1. The molecule has 2 unspecified atom stereocenters. The van der Waals surface area contributed by atoms with Crippen LogP contribution >= 0.6 is 23.2 Å². The van der Waals surface area contributed by atoms with Crippen LogP contribution in [0.2, 0.25) is 10.0 Å². The van der Waals surface area contributed by atoms with Gasteiger partial charge in [0.25, 0.3) is 11.8 Å². The van der Waals surface area contributed by atoms with Gasteiger partial charge in [-0.1, -0.05) is 23.2 Å². The van der Waals surface area contributed by atoms with Crippen molar-refractivity contribution in [2.75, 3.05) is 24.7 Å². The van der Waals surface area contributed by atoms with E-state index in [9.17, 15) is 22.8 Å². The van der Waals surface area contributed by atoms with Crippen LogP contribution in [-0.4, -0.2) is 65.1 Å². The van der Waals surface area contributed by atoms with Gasteiger partial charge in [0.2, 0.25) is 0 Å². The van der Waals surface area contributed by atoms with Gasteiger partial charge in [0.1, 0.15) is 36.1 Å². The lowest BCUT2D eigenvalue weighted by Crippen LogP contribution is -2.65. The SMILES string of the molecule is CC(C)(Oc1cc(OCCO)c(Cl)cc1Cl)C(=O)NC12CCCC(CC1)N2c1ncccc1C(=O)NCC(F)(F)F. The summed E-state index contributed by atoms with van der Waals surface area (Å²) in [5.41, 5.74) is -2.39. The first-order valence-electron chi connectivity index (χ1n) is 13.1. The predicted molar refractivity (Wildman–Crippen MR) is 147 cm³/mol. The molecule has 3 heterocycles. The number of nitrogens with zero attached hydrogens (tertiary/aromatic N) is 2. The summed E-state index contributed by atoms with van der Waals surface area (Å²) in [5, 5.41) is 14.4. The first-order chi connectivity index (χ1) is 19.3. The number of anilines is 1. The molecule has 2 bridgehead atoms. The van der Waals surface area contributed by atoms with Crippen LogP contribution in [0.4, 0.5) is 19.0 Å². The van der Waals surface area contributed by atoms with E-state index < -0.39 is 35.8 Å². The molecule has 0 spiro atoms. The van der Waals surface area contributed by atoms with Crippen molar-refractivity contribution in [1.29, 1.82) is 0 Å². The summed E-state index contributed by atoms with van der Waals surface area (Å²) in [7, 11) is 0. The largest absolute Gasteiger partial charge is 0.489 e. The third-order valence-corrected chi connectivity index (χ3v) is 7.74. The first-order valence-corrected chi connectivity index (χ1v) is 13.9. The number of hydrogen-bond donors (Lipinski definition) is 3. The summed E-state index contributed by atoms with van der Waals surface area (Å²) in [6.07, 6.45) is 0.227. The molecule has 0 saturated carbocycles. The standard InChI is InChI=1S/C27H31Cl2F3N4O5/c1-25(2,41-21-14-20(40-12-11-37)18(28)13-19(21)29)24(39)35-26-8-3-5-16(7-9-26)36(26)22-17(6-4-10-33-22)23(38)34-15-27(30,31)32/h4,6,10,13-14,16,37H,3,5,7-9,11-12,15H2,1-2H3,(H,34,38)(H,35,39). The molecule has 2 saturated heterocycles. The van der Waals surface area contributed by atoms with E-state index in [0.29, 0.717) is 19.3 Å². The van der Waals surface area contributed by atoms with Crippen molar-refractivity contribution >= 4 is 40.8 Å². The number of halogens is 5. The highest BCUT2D eigenvalue weighted by molar-refractivity contribution is 6.36. The molecule has 4 rings (SSSR count). The van der Waals surface area contributed by atoms with Crippen molar-refractivity contribution in [2.45, 2.75) is 69.4 Å². The smallest absolute Gasteiger partial charge is 0.405 e. The summed E-state index contributed by atoms with van der Waals surface area (Å²) in [4.78, 5) is 32.8. The highest BCUT2D eigenvalue weighted by Gasteiger charge is 2.52. The Morgan fingerprint density at radius 1 is 1.17 bits per heavy atom. The number of piperidine rings is 1. The number of nitrogens with one attached hydrogen (secondary N) is 2. The number of alkyl halides is 3. The van der Waals surface area contributed by atoms with Gasteiger partial charge in [0, 0.05) is 18.3 Å². The van der Waals surface area contributed by atoms with Crippen LogP contribution in [0.25, 0.3) is 0 Å². The zero-order chi connectivity index (χ0) is 30.0. The van der Waals surface area contributed by atoms with Crippen LogP contribution in [0.1, 0.15) is 56.3 Å². The molecular weight excluding hydrogens is 588 g/mol. The minimum absolute atomic E-state index is 0.00602. The van der Waals surface area contributed by atoms with Gasteiger partial charge in [-0.05, 0) is 64.2 Å². The number of aromatic nitrogens is 1. The average molecular weight is 619 g/mol. The van der Waals surface area contributed by atoms with Gasteiger partial charge in [-0.3, -0.25) is 9.59 Å². The molecule has 2 aliphatic rings. The second-order valence-electron chi connectivity index (χ2n) is 10.5. The number of hydrogen-bond acceptors (Lipinski definition) is 7. The minimum Gasteiger partial charge on any atom is -0.489 e. The van der Waals surface area contributed by atoms with E-state index >= 15 is 0 Å². The van der Waals surface area contributed by atoms with Crippen molar-refractivity contribution in [1.82, 2.24) is 15.6 Å². The summed E-state index contributed by atoms with van der Waals surface area (Å²) in [6.45, 7) is 1.42. The van der Waals surface area contributed by atoms with Crippen molar-refractivity contribution in [2.24, 2.45) is 0 Å². The molecule has 2 amide bonds. The van der Waals surface area contributed by atoms with Gasteiger partial charge in [0.05, 0.1) is 22.2 Å². The van der Waals surface area contributed by atoms with Crippen molar-refractivity contribution in [3.8, 4) is 11.5 Å². The monoisotopic (exact) mass is 618 g/mol. The lowest BCUT2D eigenvalue weighted by Gasteiger charge is -2.47. The zero-order valence-electron chi connectivity index (χ0n) is 22.5. The molecule has 224 valence electrons. The van der Waals surface area contributed by atoms with Gasteiger partial charge in [-0.15, -0.1) is 0 Å². The molecular formula is C27H31Cl2F3N4O5. The maximum atomic E-state index is 13.7. The fourth-order valence-electron chi connectivity index (χ4n) is 5.29. The third-order valence-electron chi connectivity index (χ3n) is 7.15. The third kappa shape index (κ3) is 6.92. The molecule has 14 heteroatoms. The van der Waals surface area contributed by atoms with E-state index in [4.69, 9.17) is 37.8 Å². The number of ether oxygens (including phenoxy) is 2. The molecule has 1 aromatic heterocycles. The quantitative estimate of drug-likeness (QED) is 0.348. The summed E-state index contributed by atoms with van der Waals surface area (Å²) >= 11 is 12.5. The number of carbonyl (C=O) groups is 2. The summed E-state index contributed by atoms with van der Waals surface area (Å²) < 4.78 is 49.8. The number of aliphatic hydroxyl groups is 1. The van der Waals surface area contributed by atoms with E-state index in [1.165, 1.54) is 30.5 Å². The van der Waals surface area contributed by atoms with Crippen LogP contribution in [-0.2, 0) is 4.79 Å². The van der Waals surface area contributed by atoms with Gasteiger partial charge < -0.3 is 30.1 Å². The van der Waals surface area contributed by atoms with Crippen LogP contribution in [0.5, 0.6) is 11.5 Å². The fourth-order valence-corrected chi connectivity index (χ4v) is 5.77. The molecule has 41 heavy (non-hydrogen) atoms. The van der Waals surface area contributed by atoms with Gasteiger partial charge >= 0.3 is 6.18 Å². The average Bonchev–Trinajstić information content (AvgIpc) is 3.11. The van der Waals surface area contributed by atoms with E-state index in [1.54, 1.807) is 13.8 Å². The molecule has 9 nitrogen and oxygen atoms in total. The topological polar surface area (TPSA) is 113 Å². The van der Waals surface area contributed by atoms with E-state index in [0.717, 1.165) is 12.8 Å². The Kier molecular flexibility index (Phi) is 9.15. The molecule has 0 radical (unpaired) electrons. The first kappa shape index (κ1) is 31.0.